The summed E-state index contributed by atoms with van der Waals surface area (Å²) in [7, 11) is 0. The fourth-order valence-corrected chi connectivity index (χ4v) is 1.93. The van der Waals surface area contributed by atoms with Crippen molar-refractivity contribution in [3.8, 4) is 22.6 Å². The van der Waals surface area contributed by atoms with Gasteiger partial charge in [-0.2, -0.15) is 0 Å². The molecule has 0 aliphatic carbocycles. The molecule has 0 bridgehead atoms. The summed E-state index contributed by atoms with van der Waals surface area (Å²) in [6.45, 7) is 0. The van der Waals surface area contributed by atoms with Crippen molar-refractivity contribution in [2.24, 2.45) is 0 Å². The first kappa shape index (κ1) is 12.4. The Hall–Kier alpha value is -2.62. The standard InChI is InChI=1S/C16H10F2N2/c17-13-5-1-3-11(9-13)15-7-8-19-16(20-15)12-4-2-6-14(18)10-12/h1-10H. The Labute approximate surface area is 114 Å². The lowest BCUT2D eigenvalue weighted by molar-refractivity contribution is 0.628. The monoisotopic (exact) mass is 268 g/mol. The third kappa shape index (κ3) is 2.54. The molecule has 3 rings (SSSR count). The summed E-state index contributed by atoms with van der Waals surface area (Å²) in [5.74, 6) is -0.262. The average molecular weight is 268 g/mol. The van der Waals surface area contributed by atoms with Gasteiger partial charge in [-0.05, 0) is 30.3 Å². The maximum Gasteiger partial charge on any atom is 0.159 e. The second-order valence-electron chi connectivity index (χ2n) is 4.29. The van der Waals surface area contributed by atoms with E-state index < -0.39 is 0 Å². The molecule has 0 aliphatic rings. The van der Waals surface area contributed by atoms with Gasteiger partial charge in [-0.15, -0.1) is 0 Å². The van der Waals surface area contributed by atoms with Gasteiger partial charge in [-0.25, -0.2) is 18.7 Å². The molecule has 2 nitrogen and oxygen atoms in total. The molecule has 1 heterocycles. The number of hydrogen-bond donors (Lipinski definition) is 0. The first-order valence-electron chi connectivity index (χ1n) is 6.07. The third-order valence-electron chi connectivity index (χ3n) is 2.86. The third-order valence-corrected chi connectivity index (χ3v) is 2.86. The molecule has 0 saturated carbocycles. The molecule has 0 saturated heterocycles. The Morgan fingerprint density at radius 2 is 1.40 bits per heavy atom. The van der Waals surface area contributed by atoms with Crippen LogP contribution in [-0.2, 0) is 0 Å². The molecule has 1 aromatic heterocycles. The summed E-state index contributed by atoms with van der Waals surface area (Å²) < 4.78 is 26.5. The van der Waals surface area contributed by atoms with Gasteiger partial charge in [-0.3, -0.25) is 0 Å². The first-order chi connectivity index (χ1) is 9.72. The molecule has 20 heavy (non-hydrogen) atoms. The van der Waals surface area contributed by atoms with Gasteiger partial charge in [0.1, 0.15) is 11.6 Å². The van der Waals surface area contributed by atoms with E-state index in [9.17, 15) is 8.78 Å². The lowest BCUT2D eigenvalue weighted by Gasteiger charge is -2.04. The van der Waals surface area contributed by atoms with E-state index in [1.54, 1.807) is 36.5 Å². The Bertz CT molecular complexity index is 696. The van der Waals surface area contributed by atoms with Crippen LogP contribution in [0, 0.1) is 11.6 Å². The molecule has 0 atom stereocenters. The van der Waals surface area contributed by atoms with Gasteiger partial charge in [-0.1, -0.05) is 24.3 Å². The number of aromatic nitrogens is 2. The Morgan fingerprint density at radius 1 is 0.750 bits per heavy atom. The van der Waals surface area contributed by atoms with Crippen LogP contribution in [-0.4, -0.2) is 9.97 Å². The van der Waals surface area contributed by atoms with E-state index >= 15 is 0 Å². The molecule has 0 radical (unpaired) electrons. The van der Waals surface area contributed by atoms with Gasteiger partial charge >= 0.3 is 0 Å². The fraction of sp³-hybridized carbons (Fsp3) is 0. The molecule has 0 amide bonds. The van der Waals surface area contributed by atoms with E-state index in [1.807, 2.05) is 0 Å². The molecule has 0 aliphatic heterocycles. The van der Waals surface area contributed by atoms with Gasteiger partial charge < -0.3 is 0 Å². The summed E-state index contributed by atoms with van der Waals surface area (Å²) in [5, 5.41) is 0. The number of hydrogen-bond acceptors (Lipinski definition) is 2. The predicted octanol–water partition coefficient (Wildman–Crippen LogP) is 4.09. The Kier molecular flexibility index (Phi) is 3.21. The van der Waals surface area contributed by atoms with Crippen molar-refractivity contribution < 1.29 is 8.78 Å². The lowest BCUT2D eigenvalue weighted by Crippen LogP contribution is -1.92. The average Bonchev–Trinajstić information content (AvgIpc) is 2.47. The van der Waals surface area contributed by atoms with Crippen molar-refractivity contribution in [2.75, 3.05) is 0 Å². The summed E-state index contributed by atoms with van der Waals surface area (Å²) in [5.41, 5.74) is 1.84. The molecule has 0 fully saturated rings. The number of rotatable bonds is 2. The van der Waals surface area contributed by atoms with Gasteiger partial charge in [0.15, 0.2) is 5.82 Å². The molecule has 0 N–H and O–H groups in total. The van der Waals surface area contributed by atoms with Crippen LogP contribution >= 0.6 is 0 Å². The Morgan fingerprint density at radius 3 is 2.10 bits per heavy atom. The van der Waals surface area contributed by atoms with Crippen molar-refractivity contribution in [1.82, 2.24) is 9.97 Å². The summed E-state index contributed by atoms with van der Waals surface area (Å²) in [6, 6.07) is 13.9. The van der Waals surface area contributed by atoms with Crippen molar-refractivity contribution in [2.45, 2.75) is 0 Å². The highest BCUT2D eigenvalue weighted by atomic mass is 19.1. The topological polar surface area (TPSA) is 25.8 Å². The number of benzene rings is 2. The van der Waals surface area contributed by atoms with Gasteiger partial charge in [0.2, 0.25) is 0 Å². The molecule has 2 aromatic carbocycles. The maximum absolute atomic E-state index is 13.2. The quantitative estimate of drug-likeness (QED) is 0.699. The molecule has 3 aromatic rings. The maximum atomic E-state index is 13.2. The predicted molar refractivity (Wildman–Crippen MR) is 72.8 cm³/mol. The highest BCUT2D eigenvalue weighted by Crippen LogP contribution is 2.21. The summed E-state index contributed by atoms with van der Waals surface area (Å²) >= 11 is 0. The zero-order valence-corrected chi connectivity index (χ0v) is 10.4. The SMILES string of the molecule is Fc1cccc(-c2ccnc(-c3cccc(F)c3)n2)c1. The van der Waals surface area contributed by atoms with E-state index in [-0.39, 0.29) is 11.6 Å². The van der Waals surface area contributed by atoms with Crippen LogP contribution in [0.4, 0.5) is 8.78 Å². The van der Waals surface area contributed by atoms with E-state index in [4.69, 9.17) is 0 Å². The van der Waals surface area contributed by atoms with Crippen molar-refractivity contribution in [3.05, 3.63) is 72.4 Å². The van der Waals surface area contributed by atoms with Crippen LogP contribution < -0.4 is 0 Å². The zero-order chi connectivity index (χ0) is 13.9. The van der Waals surface area contributed by atoms with Gasteiger partial charge in [0.25, 0.3) is 0 Å². The zero-order valence-electron chi connectivity index (χ0n) is 10.4. The molecular formula is C16H10F2N2. The van der Waals surface area contributed by atoms with Crippen molar-refractivity contribution >= 4 is 0 Å². The van der Waals surface area contributed by atoms with E-state index in [0.29, 0.717) is 22.6 Å². The minimum absolute atomic E-state index is 0.326. The minimum atomic E-state index is -0.345. The van der Waals surface area contributed by atoms with Crippen LogP contribution in [0.3, 0.4) is 0 Å². The molecule has 0 spiro atoms. The number of nitrogens with zero attached hydrogens (tertiary/aromatic N) is 2. The molecular weight excluding hydrogens is 258 g/mol. The molecule has 98 valence electrons. The van der Waals surface area contributed by atoms with Crippen LogP contribution in [0.15, 0.2) is 60.8 Å². The lowest BCUT2D eigenvalue weighted by atomic mass is 10.1. The minimum Gasteiger partial charge on any atom is -0.237 e. The molecule has 4 heteroatoms. The highest BCUT2D eigenvalue weighted by molar-refractivity contribution is 5.63. The Balaban J connectivity index is 2.06. The first-order valence-corrected chi connectivity index (χ1v) is 6.07. The number of halogens is 2. The second kappa shape index (κ2) is 5.17. The van der Waals surface area contributed by atoms with Gasteiger partial charge in [0.05, 0.1) is 5.69 Å². The van der Waals surface area contributed by atoms with Crippen molar-refractivity contribution in [1.29, 1.82) is 0 Å². The summed E-state index contributed by atoms with van der Waals surface area (Å²) in [6.07, 6.45) is 1.58. The van der Waals surface area contributed by atoms with Gasteiger partial charge in [0, 0.05) is 17.3 Å². The van der Waals surface area contributed by atoms with Crippen LogP contribution in [0.1, 0.15) is 0 Å². The van der Waals surface area contributed by atoms with Crippen LogP contribution in [0.2, 0.25) is 0 Å². The largest absolute Gasteiger partial charge is 0.237 e. The molecule has 0 unspecified atom stereocenters. The fourth-order valence-electron chi connectivity index (χ4n) is 1.93. The normalized spacial score (nSPS) is 10.5. The van der Waals surface area contributed by atoms with E-state index in [0.717, 1.165) is 0 Å². The van der Waals surface area contributed by atoms with Crippen LogP contribution in [0.25, 0.3) is 22.6 Å². The second-order valence-corrected chi connectivity index (χ2v) is 4.29. The summed E-state index contributed by atoms with van der Waals surface area (Å²) in [4.78, 5) is 8.48. The smallest absolute Gasteiger partial charge is 0.159 e. The van der Waals surface area contributed by atoms with E-state index in [2.05, 4.69) is 9.97 Å². The highest BCUT2D eigenvalue weighted by Gasteiger charge is 2.06. The van der Waals surface area contributed by atoms with Crippen LogP contribution in [0.5, 0.6) is 0 Å². The van der Waals surface area contributed by atoms with Crippen molar-refractivity contribution in [3.63, 3.8) is 0 Å². The van der Waals surface area contributed by atoms with E-state index in [1.165, 1.54) is 24.3 Å².